The zero-order valence-electron chi connectivity index (χ0n) is 11.3. The van der Waals surface area contributed by atoms with Crippen LogP contribution in [0.4, 0.5) is 14.5 Å². The van der Waals surface area contributed by atoms with Gasteiger partial charge >= 0.3 is 5.97 Å². The minimum atomic E-state index is -4.21. The number of hydrogen-bond donors (Lipinski definition) is 2. The van der Waals surface area contributed by atoms with Crippen molar-refractivity contribution in [2.75, 3.05) is 4.72 Å². The summed E-state index contributed by atoms with van der Waals surface area (Å²) in [6.45, 7) is 1.47. The lowest BCUT2D eigenvalue weighted by molar-refractivity contribution is 0.0697. The number of benzene rings is 2. The van der Waals surface area contributed by atoms with Crippen LogP contribution in [-0.2, 0) is 10.0 Å². The molecule has 5 nitrogen and oxygen atoms in total. The van der Waals surface area contributed by atoms with Gasteiger partial charge in [-0.25, -0.2) is 22.0 Å². The number of aryl methyl sites for hydroxylation is 1. The van der Waals surface area contributed by atoms with Gasteiger partial charge in [-0.2, -0.15) is 0 Å². The Morgan fingerprint density at radius 2 is 1.68 bits per heavy atom. The second-order valence-corrected chi connectivity index (χ2v) is 6.16. The molecule has 0 amide bonds. The molecule has 2 aromatic rings. The van der Waals surface area contributed by atoms with Gasteiger partial charge in [-0.15, -0.1) is 0 Å². The van der Waals surface area contributed by atoms with E-state index < -0.39 is 33.2 Å². The van der Waals surface area contributed by atoms with Crippen molar-refractivity contribution in [1.82, 2.24) is 0 Å². The summed E-state index contributed by atoms with van der Waals surface area (Å²) in [4.78, 5) is 10.7. The highest BCUT2D eigenvalue weighted by atomic mass is 32.2. The topological polar surface area (TPSA) is 83.5 Å². The van der Waals surface area contributed by atoms with Gasteiger partial charge < -0.3 is 5.11 Å². The Hall–Kier alpha value is -2.48. The highest BCUT2D eigenvalue weighted by Crippen LogP contribution is 2.23. The maximum Gasteiger partial charge on any atom is 0.337 e. The van der Waals surface area contributed by atoms with Crippen molar-refractivity contribution < 1.29 is 27.1 Å². The Kier molecular flexibility index (Phi) is 4.14. The maximum absolute atomic E-state index is 13.2. The number of carboxylic acids is 1. The summed E-state index contributed by atoms with van der Waals surface area (Å²) < 4.78 is 52.9. The zero-order chi connectivity index (χ0) is 16.5. The number of nitrogens with one attached hydrogen (secondary N) is 1. The molecule has 8 heteroatoms. The van der Waals surface area contributed by atoms with Gasteiger partial charge in [-0.3, -0.25) is 4.72 Å². The van der Waals surface area contributed by atoms with Gasteiger partial charge in [0.05, 0.1) is 16.1 Å². The van der Waals surface area contributed by atoms with Gasteiger partial charge in [0.2, 0.25) is 0 Å². The summed E-state index contributed by atoms with van der Waals surface area (Å²) in [5, 5.41) is 8.99. The Labute approximate surface area is 125 Å². The van der Waals surface area contributed by atoms with E-state index in [-0.39, 0.29) is 16.1 Å². The van der Waals surface area contributed by atoms with Gasteiger partial charge in [0, 0.05) is 0 Å². The van der Waals surface area contributed by atoms with Gasteiger partial charge in [0.1, 0.15) is 11.6 Å². The third kappa shape index (κ3) is 3.22. The van der Waals surface area contributed by atoms with E-state index in [1.54, 1.807) is 0 Å². The number of carboxylic acid groups (broad SMARTS) is 1. The van der Waals surface area contributed by atoms with Crippen molar-refractivity contribution in [3.63, 3.8) is 0 Å². The molecule has 0 fully saturated rings. The number of carbonyl (C=O) groups is 1. The van der Waals surface area contributed by atoms with Crippen LogP contribution in [0, 0.1) is 18.6 Å². The van der Waals surface area contributed by atoms with Crippen molar-refractivity contribution in [3.8, 4) is 0 Å². The maximum atomic E-state index is 13.2. The summed E-state index contributed by atoms with van der Waals surface area (Å²) >= 11 is 0. The molecule has 0 aliphatic heterocycles. The quantitative estimate of drug-likeness (QED) is 0.904. The van der Waals surface area contributed by atoms with E-state index in [0.717, 1.165) is 24.3 Å². The monoisotopic (exact) mass is 327 g/mol. The number of rotatable bonds is 4. The minimum absolute atomic E-state index is 0.285. The van der Waals surface area contributed by atoms with Crippen LogP contribution in [0.15, 0.2) is 41.3 Å². The van der Waals surface area contributed by atoms with E-state index in [1.165, 1.54) is 13.0 Å². The fourth-order valence-electron chi connectivity index (χ4n) is 1.85. The normalized spacial score (nSPS) is 11.2. The minimum Gasteiger partial charge on any atom is -0.478 e. The zero-order valence-corrected chi connectivity index (χ0v) is 12.1. The van der Waals surface area contributed by atoms with E-state index in [0.29, 0.717) is 6.07 Å². The van der Waals surface area contributed by atoms with Crippen LogP contribution < -0.4 is 4.72 Å². The van der Waals surface area contributed by atoms with Crippen molar-refractivity contribution in [3.05, 3.63) is 59.2 Å². The predicted octanol–water partition coefficient (Wildman–Crippen LogP) is 2.77. The predicted molar refractivity (Wildman–Crippen MR) is 75.3 cm³/mol. The average molecular weight is 327 g/mol. The molecule has 22 heavy (non-hydrogen) atoms. The fourth-order valence-corrected chi connectivity index (χ4v) is 3.18. The molecule has 0 radical (unpaired) electrons. The van der Waals surface area contributed by atoms with Gasteiger partial charge in [-0.1, -0.05) is 6.07 Å². The molecule has 0 heterocycles. The lowest BCUT2D eigenvalue weighted by Gasteiger charge is -2.12. The molecule has 2 N–H and O–H groups in total. The highest BCUT2D eigenvalue weighted by Gasteiger charge is 2.21. The van der Waals surface area contributed by atoms with Gasteiger partial charge in [0.15, 0.2) is 0 Å². The summed E-state index contributed by atoms with van der Waals surface area (Å²) in [6.07, 6.45) is 0. The fraction of sp³-hybridized carbons (Fsp3) is 0.0714. The second-order valence-electron chi connectivity index (χ2n) is 4.51. The molecule has 116 valence electrons. The van der Waals surface area contributed by atoms with Crippen molar-refractivity contribution in [2.24, 2.45) is 0 Å². The molecular weight excluding hydrogens is 316 g/mol. The third-order valence-electron chi connectivity index (χ3n) is 2.90. The molecule has 0 aliphatic carbocycles. The summed E-state index contributed by atoms with van der Waals surface area (Å²) in [5.41, 5.74) is -0.567. The Morgan fingerprint density at radius 1 is 1.09 bits per heavy atom. The van der Waals surface area contributed by atoms with Gasteiger partial charge in [-0.05, 0) is 42.8 Å². The van der Waals surface area contributed by atoms with Crippen molar-refractivity contribution in [1.29, 1.82) is 0 Å². The molecule has 0 saturated heterocycles. The van der Waals surface area contributed by atoms with Crippen molar-refractivity contribution in [2.45, 2.75) is 11.8 Å². The summed E-state index contributed by atoms with van der Waals surface area (Å²) in [6, 6.07) is 5.82. The molecule has 0 atom stereocenters. The molecule has 2 rings (SSSR count). The van der Waals surface area contributed by atoms with Crippen LogP contribution in [0.2, 0.25) is 0 Å². The van der Waals surface area contributed by atoms with Crippen LogP contribution in [0.25, 0.3) is 0 Å². The number of anilines is 1. The van der Waals surface area contributed by atoms with Crippen LogP contribution in [0.3, 0.4) is 0 Å². The Morgan fingerprint density at radius 3 is 2.32 bits per heavy atom. The van der Waals surface area contributed by atoms with Crippen molar-refractivity contribution >= 4 is 21.7 Å². The van der Waals surface area contributed by atoms with Crippen LogP contribution in [0.1, 0.15) is 15.9 Å². The van der Waals surface area contributed by atoms with E-state index in [2.05, 4.69) is 0 Å². The molecule has 0 aliphatic rings. The molecule has 2 aromatic carbocycles. The third-order valence-corrected chi connectivity index (χ3v) is 4.40. The molecule has 0 spiro atoms. The van der Waals surface area contributed by atoms with E-state index in [1.807, 2.05) is 4.72 Å². The first-order chi connectivity index (χ1) is 10.2. The number of sulfonamides is 1. The Balaban J connectivity index is 2.50. The van der Waals surface area contributed by atoms with E-state index in [9.17, 15) is 22.0 Å². The highest BCUT2D eigenvalue weighted by molar-refractivity contribution is 7.92. The molecule has 0 saturated carbocycles. The first-order valence-electron chi connectivity index (χ1n) is 6.02. The molecule has 0 aromatic heterocycles. The molecule has 0 unspecified atom stereocenters. The first kappa shape index (κ1) is 15.9. The SMILES string of the molecule is Cc1ccc(F)cc1S(=O)(=O)Nc1ccc(F)cc1C(=O)O. The second kappa shape index (κ2) is 5.72. The van der Waals surface area contributed by atoms with E-state index >= 15 is 0 Å². The molecular formula is C14H11F2NO4S. The summed E-state index contributed by atoms with van der Waals surface area (Å²) in [5.74, 6) is -3.06. The largest absolute Gasteiger partial charge is 0.478 e. The lowest BCUT2D eigenvalue weighted by atomic mass is 10.2. The smallest absolute Gasteiger partial charge is 0.337 e. The Bertz CT molecular complexity index is 850. The summed E-state index contributed by atoms with van der Waals surface area (Å²) in [7, 11) is -4.21. The molecule has 0 bridgehead atoms. The van der Waals surface area contributed by atoms with E-state index in [4.69, 9.17) is 5.11 Å². The first-order valence-corrected chi connectivity index (χ1v) is 7.51. The number of halogens is 2. The van der Waals surface area contributed by atoms with Crippen LogP contribution in [-0.4, -0.2) is 19.5 Å². The lowest BCUT2D eigenvalue weighted by Crippen LogP contribution is -2.17. The number of aromatic carboxylic acids is 1. The average Bonchev–Trinajstić information content (AvgIpc) is 2.43. The van der Waals surface area contributed by atoms with Crippen LogP contribution in [0.5, 0.6) is 0 Å². The standard InChI is InChI=1S/C14H11F2NO4S/c1-8-2-3-10(16)7-13(8)22(20,21)17-12-5-4-9(15)6-11(12)14(18)19/h2-7,17H,1H3,(H,18,19). The van der Waals surface area contributed by atoms with Crippen LogP contribution >= 0.6 is 0 Å². The number of hydrogen-bond acceptors (Lipinski definition) is 3. The van der Waals surface area contributed by atoms with Gasteiger partial charge in [0.25, 0.3) is 10.0 Å².